The predicted molar refractivity (Wildman–Crippen MR) is 104 cm³/mol. The molecule has 3 rings (SSSR count). The number of nitrogens with zero attached hydrogens (tertiary/aromatic N) is 3. The van der Waals surface area contributed by atoms with Crippen molar-refractivity contribution in [2.24, 2.45) is 4.99 Å². The maximum absolute atomic E-state index is 12.4. The summed E-state index contributed by atoms with van der Waals surface area (Å²) in [6.45, 7) is 2.41. The number of likely N-dealkylation sites (tertiary alicyclic amines) is 1. The summed E-state index contributed by atoms with van der Waals surface area (Å²) in [5, 5.41) is 6.30. The van der Waals surface area contributed by atoms with Crippen molar-refractivity contribution in [2.45, 2.75) is 25.3 Å². The summed E-state index contributed by atoms with van der Waals surface area (Å²) in [6.07, 6.45) is 2.52. The van der Waals surface area contributed by atoms with Crippen LogP contribution in [0.2, 0.25) is 0 Å². The van der Waals surface area contributed by atoms with Crippen molar-refractivity contribution in [3.63, 3.8) is 0 Å². The van der Waals surface area contributed by atoms with Gasteiger partial charge in [0.05, 0.1) is 19.7 Å². The fourth-order valence-corrected chi connectivity index (χ4v) is 3.46. The zero-order chi connectivity index (χ0) is 19.2. The molecule has 0 aliphatic carbocycles. The second-order valence-electron chi connectivity index (χ2n) is 6.76. The Bertz CT molecular complexity index is 715. The van der Waals surface area contributed by atoms with Crippen molar-refractivity contribution >= 4 is 23.5 Å². The van der Waals surface area contributed by atoms with Gasteiger partial charge in [-0.2, -0.15) is 0 Å². The van der Waals surface area contributed by atoms with Crippen LogP contribution >= 0.6 is 0 Å². The third kappa shape index (κ3) is 4.69. The molecule has 8 heteroatoms. The van der Waals surface area contributed by atoms with Crippen LogP contribution in [-0.2, 0) is 9.59 Å². The number of ether oxygens (including phenoxy) is 1. The molecule has 1 unspecified atom stereocenters. The quantitative estimate of drug-likeness (QED) is 0.583. The highest BCUT2D eigenvalue weighted by Crippen LogP contribution is 2.25. The van der Waals surface area contributed by atoms with Gasteiger partial charge in [-0.05, 0) is 25.0 Å². The van der Waals surface area contributed by atoms with Crippen LogP contribution in [0.25, 0.3) is 0 Å². The minimum atomic E-state index is -0.0724. The molecule has 0 bridgehead atoms. The van der Waals surface area contributed by atoms with Gasteiger partial charge in [0.1, 0.15) is 5.75 Å². The molecule has 2 amide bonds. The third-order valence-electron chi connectivity index (χ3n) is 4.92. The lowest BCUT2D eigenvalue weighted by Gasteiger charge is -2.20. The van der Waals surface area contributed by atoms with E-state index in [9.17, 15) is 9.59 Å². The van der Waals surface area contributed by atoms with E-state index >= 15 is 0 Å². The van der Waals surface area contributed by atoms with Gasteiger partial charge in [0.2, 0.25) is 11.8 Å². The average Bonchev–Trinajstić information content (AvgIpc) is 3.34. The van der Waals surface area contributed by atoms with Crippen molar-refractivity contribution in [1.82, 2.24) is 15.5 Å². The van der Waals surface area contributed by atoms with Crippen molar-refractivity contribution in [2.75, 3.05) is 45.2 Å². The van der Waals surface area contributed by atoms with E-state index in [4.69, 9.17) is 4.74 Å². The van der Waals surface area contributed by atoms with Crippen LogP contribution in [0.3, 0.4) is 0 Å². The Hall–Kier alpha value is -2.77. The Balaban J connectivity index is 1.53. The second kappa shape index (κ2) is 8.75. The van der Waals surface area contributed by atoms with Crippen LogP contribution in [0.5, 0.6) is 5.75 Å². The number of methoxy groups -OCH3 is 1. The summed E-state index contributed by atoms with van der Waals surface area (Å²) >= 11 is 0. The van der Waals surface area contributed by atoms with Gasteiger partial charge in [-0.25, -0.2) is 0 Å². The molecule has 0 saturated carbocycles. The fraction of sp³-hybridized carbons (Fsp3) is 0.526. The first kappa shape index (κ1) is 19.0. The van der Waals surface area contributed by atoms with Gasteiger partial charge in [0.15, 0.2) is 5.96 Å². The summed E-state index contributed by atoms with van der Waals surface area (Å²) in [7, 11) is 3.26. The summed E-state index contributed by atoms with van der Waals surface area (Å²) in [5.41, 5.74) is 0.816. The largest absolute Gasteiger partial charge is 0.497 e. The number of anilines is 1. The van der Waals surface area contributed by atoms with Crippen LogP contribution in [0.15, 0.2) is 29.3 Å². The molecule has 8 nitrogen and oxygen atoms in total. The van der Waals surface area contributed by atoms with Crippen molar-refractivity contribution < 1.29 is 14.3 Å². The Morgan fingerprint density at radius 2 is 2.11 bits per heavy atom. The summed E-state index contributed by atoms with van der Waals surface area (Å²) in [6, 6.07) is 7.39. The SMILES string of the molecule is CN=C(NCC(=O)N1CCCC1)NC1CC(=O)N(c2cccc(OC)c2)C1. The molecule has 2 fully saturated rings. The summed E-state index contributed by atoms with van der Waals surface area (Å²) < 4.78 is 5.24. The van der Waals surface area contributed by atoms with E-state index in [0.29, 0.717) is 18.9 Å². The number of aliphatic imine (C=N–C) groups is 1. The zero-order valence-electron chi connectivity index (χ0n) is 15.9. The Kier molecular flexibility index (Phi) is 6.16. The first-order valence-electron chi connectivity index (χ1n) is 9.30. The lowest BCUT2D eigenvalue weighted by Crippen LogP contribution is -2.48. The van der Waals surface area contributed by atoms with E-state index < -0.39 is 0 Å². The smallest absolute Gasteiger partial charge is 0.241 e. The van der Waals surface area contributed by atoms with Crippen molar-refractivity contribution in [3.05, 3.63) is 24.3 Å². The molecule has 0 spiro atoms. The predicted octanol–water partition coefficient (Wildman–Crippen LogP) is 0.588. The molecule has 146 valence electrons. The van der Waals surface area contributed by atoms with Crippen molar-refractivity contribution in [3.8, 4) is 5.75 Å². The van der Waals surface area contributed by atoms with Gasteiger partial charge >= 0.3 is 0 Å². The number of nitrogens with one attached hydrogen (secondary N) is 2. The number of rotatable bonds is 5. The van der Waals surface area contributed by atoms with Gasteiger partial charge < -0.3 is 25.2 Å². The highest BCUT2D eigenvalue weighted by Gasteiger charge is 2.31. The van der Waals surface area contributed by atoms with Crippen LogP contribution < -0.4 is 20.3 Å². The average molecular weight is 373 g/mol. The number of guanidine groups is 1. The van der Waals surface area contributed by atoms with Crippen LogP contribution in [0.1, 0.15) is 19.3 Å². The minimum Gasteiger partial charge on any atom is -0.497 e. The van der Waals surface area contributed by atoms with Crippen LogP contribution in [0.4, 0.5) is 5.69 Å². The number of amides is 2. The number of hydrogen-bond acceptors (Lipinski definition) is 4. The number of carbonyl (C=O) groups excluding carboxylic acids is 2. The molecule has 2 aliphatic rings. The molecule has 0 radical (unpaired) electrons. The maximum Gasteiger partial charge on any atom is 0.241 e. The Labute approximate surface area is 159 Å². The van der Waals surface area contributed by atoms with Crippen LogP contribution in [-0.4, -0.2) is 69.1 Å². The van der Waals surface area contributed by atoms with Crippen LogP contribution in [0, 0.1) is 0 Å². The molecule has 27 heavy (non-hydrogen) atoms. The number of carbonyl (C=O) groups is 2. The van der Waals surface area contributed by atoms with Gasteiger partial charge in [-0.1, -0.05) is 6.07 Å². The van der Waals surface area contributed by atoms with Gasteiger partial charge in [-0.3, -0.25) is 14.6 Å². The van der Waals surface area contributed by atoms with E-state index in [1.54, 1.807) is 19.1 Å². The molecule has 1 aromatic carbocycles. The molecule has 1 aromatic rings. The normalized spacial score (nSPS) is 20.1. The lowest BCUT2D eigenvalue weighted by molar-refractivity contribution is -0.128. The van der Waals surface area contributed by atoms with Crippen molar-refractivity contribution in [1.29, 1.82) is 0 Å². The van der Waals surface area contributed by atoms with Gasteiger partial charge in [0.25, 0.3) is 0 Å². The molecule has 2 N–H and O–H groups in total. The zero-order valence-corrected chi connectivity index (χ0v) is 15.9. The fourth-order valence-electron chi connectivity index (χ4n) is 3.46. The first-order chi connectivity index (χ1) is 13.1. The van der Waals surface area contributed by atoms with E-state index in [-0.39, 0.29) is 24.4 Å². The Morgan fingerprint density at radius 1 is 1.33 bits per heavy atom. The number of hydrogen-bond donors (Lipinski definition) is 2. The maximum atomic E-state index is 12.4. The van der Waals surface area contributed by atoms with E-state index in [0.717, 1.165) is 37.4 Å². The first-order valence-corrected chi connectivity index (χ1v) is 9.30. The molecule has 2 heterocycles. The highest BCUT2D eigenvalue weighted by atomic mass is 16.5. The number of benzene rings is 1. The van der Waals surface area contributed by atoms with E-state index in [1.807, 2.05) is 29.2 Å². The second-order valence-corrected chi connectivity index (χ2v) is 6.76. The van der Waals surface area contributed by atoms with E-state index in [2.05, 4.69) is 15.6 Å². The summed E-state index contributed by atoms with van der Waals surface area (Å²) in [5.74, 6) is 1.38. The monoisotopic (exact) mass is 373 g/mol. The van der Waals surface area contributed by atoms with E-state index in [1.165, 1.54) is 0 Å². The molecular formula is C19H27N5O3. The molecule has 0 aromatic heterocycles. The lowest BCUT2D eigenvalue weighted by atomic mass is 10.2. The molecule has 2 saturated heterocycles. The standard InChI is InChI=1S/C19H27N5O3/c1-20-19(21-12-18(26)23-8-3-4-9-23)22-14-10-17(25)24(13-14)15-6-5-7-16(11-15)27-2/h5-7,11,14H,3-4,8-10,12-13H2,1-2H3,(H2,20,21,22). The topological polar surface area (TPSA) is 86.3 Å². The summed E-state index contributed by atoms with van der Waals surface area (Å²) in [4.78, 5) is 32.4. The third-order valence-corrected chi connectivity index (χ3v) is 4.92. The van der Waals surface area contributed by atoms with Gasteiger partial charge in [-0.15, -0.1) is 0 Å². The highest BCUT2D eigenvalue weighted by molar-refractivity contribution is 5.97. The Morgan fingerprint density at radius 3 is 2.81 bits per heavy atom. The molecule has 1 atom stereocenters. The minimum absolute atomic E-state index is 0.0457. The molecule has 2 aliphatic heterocycles. The van der Waals surface area contributed by atoms with Gasteiger partial charge in [0, 0.05) is 44.9 Å². The molecular weight excluding hydrogens is 346 g/mol.